The van der Waals surface area contributed by atoms with Gasteiger partial charge < -0.3 is 5.11 Å². The highest BCUT2D eigenvalue weighted by Crippen LogP contribution is 2.09. The van der Waals surface area contributed by atoms with Crippen LogP contribution in [0.2, 0.25) is 0 Å². The second-order valence-corrected chi connectivity index (χ2v) is 5.67. The minimum absolute atomic E-state index is 0.598. The summed E-state index contributed by atoms with van der Waals surface area (Å²) in [6.07, 6.45) is 0. The number of aliphatic carboxylic acids is 1. The number of carboxylic acid groups (broad SMARTS) is 1. The van der Waals surface area contributed by atoms with Crippen LogP contribution in [0.15, 0.2) is 0 Å². The highest BCUT2D eigenvalue weighted by molar-refractivity contribution is 7.89. The zero-order valence-corrected chi connectivity index (χ0v) is 9.00. The summed E-state index contributed by atoms with van der Waals surface area (Å²) in [5.74, 6) is -1.15. The molecule has 1 N–H and O–H groups in total. The highest BCUT2D eigenvalue weighted by atomic mass is 32.2. The third-order valence-corrected chi connectivity index (χ3v) is 4.21. The molecule has 0 amide bonds. The minimum atomic E-state index is -3.47. The maximum absolute atomic E-state index is 11.4. The molecule has 5 nitrogen and oxygen atoms in total. The Bertz CT molecular complexity index is 283. The molecule has 0 aromatic carbocycles. The van der Waals surface area contributed by atoms with Crippen LogP contribution in [0.4, 0.5) is 0 Å². The summed E-state index contributed by atoms with van der Waals surface area (Å²) >= 11 is 0. The van der Waals surface area contributed by atoms with E-state index in [0.29, 0.717) is 0 Å². The fourth-order valence-electron chi connectivity index (χ4n) is 0.708. The zero-order chi connectivity index (χ0) is 10.8. The third kappa shape index (κ3) is 2.67. The molecule has 0 fully saturated rings. The lowest BCUT2D eigenvalue weighted by molar-refractivity contribution is -0.140. The number of nitrogens with zero attached hydrogens (tertiary/aromatic N) is 1. The van der Waals surface area contributed by atoms with Crippen LogP contribution >= 0.6 is 0 Å². The maximum atomic E-state index is 11.4. The van der Waals surface area contributed by atoms with E-state index in [9.17, 15) is 13.2 Å². The largest absolute Gasteiger partial charge is 0.480 e. The van der Waals surface area contributed by atoms with Crippen LogP contribution in [0.25, 0.3) is 0 Å². The normalized spacial score (nSPS) is 14.9. The summed E-state index contributed by atoms with van der Waals surface area (Å²) < 4.78 is 23.8. The molecule has 0 aliphatic rings. The first-order valence-corrected chi connectivity index (χ1v) is 5.41. The van der Waals surface area contributed by atoms with Crippen molar-refractivity contribution in [1.29, 1.82) is 0 Å². The lowest BCUT2D eigenvalue weighted by Gasteiger charge is -2.22. The molecule has 78 valence electrons. The SMILES string of the molecule is CC(C(=O)O)N(C)S(=O)(=O)C(C)C. The van der Waals surface area contributed by atoms with Crippen molar-refractivity contribution in [3.8, 4) is 0 Å². The lowest BCUT2D eigenvalue weighted by Crippen LogP contribution is -2.43. The zero-order valence-electron chi connectivity index (χ0n) is 8.18. The Morgan fingerprint density at radius 1 is 1.31 bits per heavy atom. The van der Waals surface area contributed by atoms with Crippen molar-refractivity contribution >= 4 is 16.0 Å². The van der Waals surface area contributed by atoms with Gasteiger partial charge in [0.05, 0.1) is 5.25 Å². The van der Waals surface area contributed by atoms with E-state index in [0.717, 1.165) is 4.31 Å². The maximum Gasteiger partial charge on any atom is 0.321 e. The predicted molar refractivity (Wildman–Crippen MR) is 48.9 cm³/mol. The molecule has 0 heterocycles. The molecule has 0 bridgehead atoms. The van der Waals surface area contributed by atoms with E-state index in [1.807, 2.05) is 0 Å². The van der Waals surface area contributed by atoms with Crippen molar-refractivity contribution in [2.24, 2.45) is 0 Å². The second kappa shape index (κ2) is 4.06. The van der Waals surface area contributed by atoms with Gasteiger partial charge in [-0.25, -0.2) is 8.42 Å². The first-order chi connectivity index (χ1) is 5.71. The third-order valence-electron chi connectivity index (χ3n) is 1.90. The highest BCUT2D eigenvalue weighted by Gasteiger charge is 2.29. The van der Waals surface area contributed by atoms with Crippen LogP contribution in [-0.4, -0.2) is 42.1 Å². The molecule has 6 heteroatoms. The molecule has 0 aliphatic heterocycles. The molecule has 0 aromatic heterocycles. The van der Waals surface area contributed by atoms with Gasteiger partial charge in [0.1, 0.15) is 6.04 Å². The minimum Gasteiger partial charge on any atom is -0.480 e. The monoisotopic (exact) mass is 209 g/mol. The van der Waals surface area contributed by atoms with Gasteiger partial charge >= 0.3 is 5.97 Å². The number of hydrogen-bond acceptors (Lipinski definition) is 3. The van der Waals surface area contributed by atoms with E-state index >= 15 is 0 Å². The molecule has 0 rings (SSSR count). The van der Waals surface area contributed by atoms with E-state index < -0.39 is 27.3 Å². The molecule has 1 unspecified atom stereocenters. The number of carbonyl (C=O) groups is 1. The summed E-state index contributed by atoms with van der Waals surface area (Å²) in [6, 6.07) is -1.02. The Morgan fingerprint density at radius 3 is 1.92 bits per heavy atom. The van der Waals surface area contributed by atoms with E-state index in [1.54, 1.807) is 0 Å². The number of sulfonamides is 1. The van der Waals surface area contributed by atoms with E-state index in [-0.39, 0.29) is 0 Å². The van der Waals surface area contributed by atoms with Crippen LogP contribution < -0.4 is 0 Å². The lowest BCUT2D eigenvalue weighted by atomic mass is 10.4. The predicted octanol–water partition coefficient (Wildman–Crippen LogP) is 0.130. The smallest absolute Gasteiger partial charge is 0.321 e. The van der Waals surface area contributed by atoms with Crippen LogP contribution in [0.1, 0.15) is 20.8 Å². The van der Waals surface area contributed by atoms with Gasteiger partial charge in [-0.1, -0.05) is 0 Å². The van der Waals surface area contributed by atoms with Crippen molar-refractivity contribution in [3.05, 3.63) is 0 Å². The summed E-state index contributed by atoms with van der Waals surface area (Å²) in [5.41, 5.74) is 0. The Morgan fingerprint density at radius 2 is 1.69 bits per heavy atom. The molecule has 1 atom stereocenters. The first kappa shape index (κ1) is 12.4. The topological polar surface area (TPSA) is 74.7 Å². The van der Waals surface area contributed by atoms with Crippen LogP contribution in [-0.2, 0) is 14.8 Å². The van der Waals surface area contributed by atoms with E-state index in [4.69, 9.17) is 5.11 Å². The summed E-state index contributed by atoms with van der Waals surface area (Å²) in [7, 11) is -2.20. The van der Waals surface area contributed by atoms with Gasteiger partial charge in [-0.3, -0.25) is 4.79 Å². The summed E-state index contributed by atoms with van der Waals surface area (Å²) in [4.78, 5) is 10.5. The molecule has 0 saturated heterocycles. The van der Waals surface area contributed by atoms with Crippen molar-refractivity contribution in [2.75, 3.05) is 7.05 Å². The fraction of sp³-hybridized carbons (Fsp3) is 0.857. The number of likely N-dealkylation sites (N-methyl/N-ethyl adjacent to an activating group) is 1. The molecule has 13 heavy (non-hydrogen) atoms. The number of rotatable bonds is 4. The first-order valence-electron chi connectivity index (χ1n) is 3.91. The second-order valence-electron chi connectivity index (χ2n) is 3.12. The Kier molecular flexibility index (Phi) is 3.87. The molecular weight excluding hydrogens is 194 g/mol. The number of hydrogen-bond donors (Lipinski definition) is 1. The van der Waals surface area contributed by atoms with Gasteiger partial charge in [0.2, 0.25) is 10.0 Å². The quantitative estimate of drug-likeness (QED) is 0.714. The van der Waals surface area contributed by atoms with Gasteiger partial charge in [-0.15, -0.1) is 0 Å². The molecule has 0 radical (unpaired) electrons. The van der Waals surface area contributed by atoms with E-state index in [2.05, 4.69) is 0 Å². The average molecular weight is 209 g/mol. The average Bonchev–Trinajstić information content (AvgIpc) is 2.01. The Labute approximate surface area is 78.4 Å². The van der Waals surface area contributed by atoms with Gasteiger partial charge in [0.25, 0.3) is 0 Å². The van der Waals surface area contributed by atoms with Crippen molar-refractivity contribution in [2.45, 2.75) is 32.1 Å². The van der Waals surface area contributed by atoms with Gasteiger partial charge in [-0.05, 0) is 20.8 Å². The molecule has 0 saturated carbocycles. The summed E-state index contributed by atoms with van der Waals surface area (Å²) in [6.45, 7) is 4.36. The number of carboxylic acids is 1. The van der Waals surface area contributed by atoms with Crippen molar-refractivity contribution in [3.63, 3.8) is 0 Å². The fourth-order valence-corrected chi connectivity index (χ4v) is 1.90. The van der Waals surface area contributed by atoms with Gasteiger partial charge in [-0.2, -0.15) is 4.31 Å². The Hall–Kier alpha value is -0.620. The summed E-state index contributed by atoms with van der Waals surface area (Å²) in [5, 5.41) is 7.99. The van der Waals surface area contributed by atoms with Crippen molar-refractivity contribution < 1.29 is 18.3 Å². The van der Waals surface area contributed by atoms with Crippen LogP contribution in [0.5, 0.6) is 0 Å². The molecule has 0 spiro atoms. The molecule has 0 aromatic rings. The van der Waals surface area contributed by atoms with Gasteiger partial charge in [0, 0.05) is 7.05 Å². The van der Waals surface area contributed by atoms with Crippen LogP contribution in [0.3, 0.4) is 0 Å². The van der Waals surface area contributed by atoms with Crippen LogP contribution in [0, 0.1) is 0 Å². The standard InChI is InChI=1S/C7H15NO4S/c1-5(2)13(11,12)8(4)6(3)7(9)10/h5-6H,1-4H3,(H,9,10). The van der Waals surface area contributed by atoms with Gasteiger partial charge in [0.15, 0.2) is 0 Å². The molecule has 0 aliphatic carbocycles. The molecular formula is C7H15NO4S. The van der Waals surface area contributed by atoms with Crippen molar-refractivity contribution in [1.82, 2.24) is 4.31 Å². The Balaban J connectivity index is 4.80. The van der Waals surface area contributed by atoms with E-state index in [1.165, 1.54) is 27.8 Å².